The zero-order valence-corrected chi connectivity index (χ0v) is 12.6. The van der Waals surface area contributed by atoms with Gasteiger partial charge < -0.3 is 4.74 Å². The predicted octanol–water partition coefficient (Wildman–Crippen LogP) is 4.19. The number of thiophene rings is 1. The molecule has 1 radical (unpaired) electrons. The van der Waals surface area contributed by atoms with E-state index >= 15 is 0 Å². The van der Waals surface area contributed by atoms with Crippen molar-refractivity contribution < 1.29 is 22.7 Å². The SMILES string of the molecule is [NH]C(=O)C1(c2cccc(Oc3csc(C(F)(F)F)c3)n2)CCC1. The van der Waals surface area contributed by atoms with E-state index in [2.05, 4.69) is 4.98 Å². The summed E-state index contributed by atoms with van der Waals surface area (Å²) in [6, 6.07) is 5.69. The van der Waals surface area contributed by atoms with Crippen molar-refractivity contribution in [2.24, 2.45) is 0 Å². The van der Waals surface area contributed by atoms with Crippen molar-refractivity contribution in [1.82, 2.24) is 10.7 Å². The van der Waals surface area contributed by atoms with Crippen LogP contribution in [0.2, 0.25) is 0 Å². The normalized spacial score (nSPS) is 16.7. The van der Waals surface area contributed by atoms with E-state index in [0.29, 0.717) is 29.9 Å². The molecule has 3 rings (SSSR count). The number of amides is 1. The Morgan fingerprint density at radius 2 is 2.09 bits per heavy atom. The molecule has 1 fully saturated rings. The number of nitrogens with zero attached hydrogens (tertiary/aromatic N) is 1. The molecule has 1 amide bonds. The number of halogens is 3. The van der Waals surface area contributed by atoms with Crippen LogP contribution >= 0.6 is 11.3 Å². The van der Waals surface area contributed by atoms with E-state index in [4.69, 9.17) is 10.5 Å². The summed E-state index contributed by atoms with van der Waals surface area (Å²) < 4.78 is 43.1. The molecule has 0 saturated heterocycles. The van der Waals surface area contributed by atoms with Crippen molar-refractivity contribution in [3.63, 3.8) is 0 Å². The minimum Gasteiger partial charge on any atom is -0.438 e. The summed E-state index contributed by atoms with van der Waals surface area (Å²) in [6.45, 7) is 0. The van der Waals surface area contributed by atoms with Crippen LogP contribution in [-0.4, -0.2) is 10.9 Å². The molecule has 0 spiro atoms. The molecule has 2 heterocycles. The first-order valence-corrected chi connectivity index (χ1v) is 7.76. The second kappa shape index (κ2) is 5.52. The number of hydrogen-bond acceptors (Lipinski definition) is 4. The zero-order valence-electron chi connectivity index (χ0n) is 11.8. The van der Waals surface area contributed by atoms with E-state index in [9.17, 15) is 18.0 Å². The Kier molecular flexibility index (Phi) is 3.79. The van der Waals surface area contributed by atoms with Crippen LogP contribution in [0.4, 0.5) is 13.2 Å². The van der Waals surface area contributed by atoms with Crippen LogP contribution in [0, 0.1) is 0 Å². The van der Waals surface area contributed by atoms with Crippen molar-refractivity contribution >= 4 is 17.2 Å². The quantitative estimate of drug-likeness (QED) is 0.838. The van der Waals surface area contributed by atoms with Gasteiger partial charge in [0.25, 0.3) is 5.91 Å². The Labute approximate surface area is 134 Å². The highest BCUT2D eigenvalue weighted by atomic mass is 32.1. The molecule has 8 heteroatoms. The van der Waals surface area contributed by atoms with Crippen LogP contribution in [0.5, 0.6) is 11.6 Å². The van der Waals surface area contributed by atoms with Gasteiger partial charge in [-0.2, -0.15) is 13.2 Å². The Hall–Kier alpha value is -2.09. The lowest BCUT2D eigenvalue weighted by atomic mass is 9.66. The van der Waals surface area contributed by atoms with Gasteiger partial charge in [0, 0.05) is 17.5 Å². The summed E-state index contributed by atoms with van der Waals surface area (Å²) in [5.41, 5.74) is 6.98. The summed E-state index contributed by atoms with van der Waals surface area (Å²) in [5.74, 6) is -0.531. The van der Waals surface area contributed by atoms with E-state index in [1.165, 1.54) is 11.4 Å². The third kappa shape index (κ3) is 2.90. The van der Waals surface area contributed by atoms with Crippen LogP contribution < -0.4 is 10.5 Å². The van der Waals surface area contributed by atoms with Crippen molar-refractivity contribution in [2.45, 2.75) is 30.9 Å². The highest BCUT2D eigenvalue weighted by Gasteiger charge is 2.46. The maximum absolute atomic E-state index is 12.6. The molecule has 4 nitrogen and oxygen atoms in total. The van der Waals surface area contributed by atoms with Crippen LogP contribution in [0.1, 0.15) is 29.8 Å². The van der Waals surface area contributed by atoms with E-state index < -0.39 is 22.4 Å². The number of pyridine rings is 1. The minimum atomic E-state index is -4.41. The highest BCUT2D eigenvalue weighted by Crippen LogP contribution is 2.44. The lowest BCUT2D eigenvalue weighted by Crippen LogP contribution is -2.43. The molecule has 0 aromatic carbocycles. The number of nitrogens with one attached hydrogen (secondary N) is 1. The van der Waals surface area contributed by atoms with Crippen molar-refractivity contribution in [1.29, 1.82) is 0 Å². The molecule has 121 valence electrons. The number of carbonyl (C=O) groups is 1. The monoisotopic (exact) mass is 341 g/mol. The van der Waals surface area contributed by atoms with Gasteiger partial charge in [-0.1, -0.05) is 12.5 Å². The summed E-state index contributed by atoms with van der Waals surface area (Å²) in [5, 5.41) is 1.26. The van der Waals surface area contributed by atoms with E-state index in [1.54, 1.807) is 12.1 Å². The molecule has 0 unspecified atom stereocenters. The molecule has 0 aliphatic heterocycles. The maximum atomic E-state index is 12.6. The Balaban J connectivity index is 1.83. The molecular weight excluding hydrogens is 329 g/mol. The molecular formula is C15H12F3N2O2S. The van der Waals surface area contributed by atoms with Gasteiger partial charge >= 0.3 is 6.18 Å². The fourth-order valence-electron chi connectivity index (χ4n) is 2.51. The molecule has 0 bridgehead atoms. The first kappa shape index (κ1) is 15.8. The van der Waals surface area contributed by atoms with Gasteiger partial charge in [0.15, 0.2) is 0 Å². The van der Waals surface area contributed by atoms with Crippen molar-refractivity contribution in [2.75, 3.05) is 0 Å². The van der Waals surface area contributed by atoms with Gasteiger partial charge in [-0.15, -0.1) is 11.3 Å². The Morgan fingerprint density at radius 3 is 2.61 bits per heavy atom. The second-order valence-electron chi connectivity index (χ2n) is 5.37. The van der Waals surface area contributed by atoms with Gasteiger partial charge in [-0.25, -0.2) is 4.98 Å². The first-order valence-electron chi connectivity index (χ1n) is 6.88. The molecule has 23 heavy (non-hydrogen) atoms. The van der Waals surface area contributed by atoms with Crippen molar-refractivity contribution in [3.05, 3.63) is 40.2 Å². The van der Waals surface area contributed by atoms with Crippen LogP contribution in [0.15, 0.2) is 29.6 Å². The highest BCUT2D eigenvalue weighted by molar-refractivity contribution is 7.10. The average molecular weight is 341 g/mol. The largest absolute Gasteiger partial charge is 0.438 e. The van der Waals surface area contributed by atoms with E-state index in [0.717, 1.165) is 12.5 Å². The van der Waals surface area contributed by atoms with Gasteiger partial charge in [0.1, 0.15) is 10.6 Å². The molecule has 2 aromatic heterocycles. The number of hydrogen-bond donors (Lipinski definition) is 0. The first-order chi connectivity index (χ1) is 10.8. The van der Waals surface area contributed by atoms with Gasteiger partial charge in [0.05, 0.1) is 11.1 Å². The molecule has 1 aliphatic carbocycles. The number of ether oxygens (including phenoxy) is 1. The summed E-state index contributed by atoms with van der Waals surface area (Å²) in [4.78, 5) is 15.1. The van der Waals surface area contributed by atoms with Crippen LogP contribution in [0.25, 0.3) is 0 Å². The number of rotatable bonds is 4. The standard InChI is InChI=1S/C15H12F3N2O2S/c16-15(17,18)11-7-9(8-23-11)22-12-4-1-3-10(20-12)14(13(19)21)5-2-6-14/h1,3-4,7-8,19H,2,5-6H2. The molecule has 1 N–H and O–H groups in total. The fraction of sp³-hybridized carbons (Fsp3) is 0.333. The summed E-state index contributed by atoms with van der Waals surface area (Å²) >= 11 is 0.544. The fourth-order valence-corrected chi connectivity index (χ4v) is 3.19. The third-order valence-corrected chi connectivity index (χ3v) is 4.89. The molecule has 1 saturated carbocycles. The minimum absolute atomic E-state index is 0.0480. The van der Waals surface area contributed by atoms with Gasteiger partial charge in [-0.05, 0) is 18.9 Å². The predicted molar refractivity (Wildman–Crippen MR) is 77.3 cm³/mol. The number of aromatic nitrogens is 1. The van der Waals surface area contributed by atoms with Gasteiger partial charge in [-0.3, -0.25) is 10.5 Å². The lowest BCUT2D eigenvalue weighted by molar-refractivity contribution is -0.134. The van der Waals surface area contributed by atoms with Crippen LogP contribution in [0.3, 0.4) is 0 Å². The molecule has 1 aliphatic rings. The maximum Gasteiger partial charge on any atom is 0.425 e. The third-order valence-electron chi connectivity index (χ3n) is 3.93. The Morgan fingerprint density at radius 1 is 1.35 bits per heavy atom. The lowest BCUT2D eigenvalue weighted by Gasteiger charge is -2.37. The second-order valence-corrected chi connectivity index (χ2v) is 6.28. The van der Waals surface area contributed by atoms with Crippen molar-refractivity contribution in [3.8, 4) is 11.6 Å². The summed E-state index contributed by atoms with van der Waals surface area (Å²) in [7, 11) is 0. The zero-order chi connectivity index (χ0) is 16.7. The van der Waals surface area contributed by atoms with E-state index in [-0.39, 0.29) is 11.6 Å². The average Bonchev–Trinajstić information content (AvgIpc) is 2.86. The smallest absolute Gasteiger partial charge is 0.425 e. The summed E-state index contributed by atoms with van der Waals surface area (Å²) in [6.07, 6.45) is -2.45. The number of alkyl halides is 3. The Bertz CT molecular complexity index is 738. The molecule has 2 aromatic rings. The van der Waals surface area contributed by atoms with Gasteiger partial charge in [0.2, 0.25) is 5.88 Å². The van der Waals surface area contributed by atoms with E-state index in [1.807, 2.05) is 0 Å². The van der Waals surface area contributed by atoms with Crippen LogP contribution in [-0.2, 0) is 16.4 Å². The topological polar surface area (TPSA) is 63.0 Å². The number of carbonyl (C=O) groups excluding carboxylic acids is 1. The molecule has 0 atom stereocenters.